The summed E-state index contributed by atoms with van der Waals surface area (Å²) in [5.41, 5.74) is 5.30. The number of aryl methyl sites for hydroxylation is 3. The summed E-state index contributed by atoms with van der Waals surface area (Å²) in [5.74, 6) is 0.787. The Morgan fingerprint density at radius 2 is 1.74 bits per heavy atom. The number of carbonyl (C=O) groups excluding carboxylic acids is 1. The Labute approximate surface area is 137 Å². The summed E-state index contributed by atoms with van der Waals surface area (Å²) < 4.78 is 5.64. The number of ether oxygens (including phenoxy) is 1. The van der Waals surface area contributed by atoms with Gasteiger partial charge in [-0.15, -0.1) is 0 Å². The van der Waals surface area contributed by atoms with Gasteiger partial charge in [0.05, 0.1) is 0 Å². The molecule has 0 saturated carbocycles. The van der Waals surface area contributed by atoms with E-state index in [9.17, 15) is 4.79 Å². The van der Waals surface area contributed by atoms with Gasteiger partial charge in [-0.3, -0.25) is 0 Å². The minimum absolute atomic E-state index is 0.128. The van der Waals surface area contributed by atoms with Crippen LogP contribution in [0.5, 0.6) is 5.75 Å². The zero-order chi connectivity index (χ0) is 16.8. The van der Waals surface area contributed by atoms with Crippen LogP contribution >= 0.6 is 0 Å². The highest BCUT2D eigenvalue weighted by Gasteiger charge is 2.08. The van der Waals surface area contributed by atoms with Crippen molar-refractivity contribution in [3.8, 4) is 5.75 Å². The number of urea groups is 1. The molecule has 122 valence electrons. The molecule has 0 aliphatic heterocycles. The van der Waals surface area contributed by atoms with E-state index in [0.29, 0.717) is 0 Å². The van der Waals surface area contributed by atoms with Crippen LogP contribution in [0.4, 0.5) is 10.5 Å². The van der Waals surface area contributed by atoms with Gasteiger partial charge in [-0.25, -0.2) is 4.79 Å². The van der Waals surface area contributed by atoms with Crippen LogP contribution in [-0.4, -0.2) is 12.8 Å². The molecule has 0 aliphatic carbocycles. The molecule has 4 nitrogen and oxygen atoms in total. The molecule has 0 unspecified atom stereocenters. The number of hydrogen-bond acceptors (Lipinski definition) is 2. The summed E-state index contributed by atoms with van der Waals surface area (Å²) in [5, 5.41) is 5.64. The van der Waals surface area contributed by atoms with Gasteiger partial charge in [0.1, 0.15) is 5.75 Å². The van der Waals surface area contributed by atoms with Crippen LogP contribution in [0.25, 0.3) is 0 Å². The molecule has 2 aromatic rings. The molecule has 0 radical (unpaired) electrons. The Balaban J connectivity index is 1.92. The van der Waals surface area contributed by atoms with Crippen molar-refractivity contribution in [2.45, 2.75) is 34.1 Å². The lowest BCUT2D eigenvalue weighted by Gasteiger charge is -2.15. The van der Waals surface area contributed by atoms with Crippen molar-refractivity contribution in [2.24, 2.45) is 0 Å². The fraction of sp³-hybridized carbons (Fsp3) is 0.316. The molecule has 2 rings (SSSR count). The first kappa shape index (κ1) is 16.9. The van der Waals surface area contributed by atoms with Crippen LogP contribution in [0.1, 0.15) is 29.2 Å². The molecule has 4 heteroatoms. The Hall–Kier alpha value is -2.49. The number of benzene rings is 2. The van der Waals surface area contributed by atoms with Gasteiger partial charge in [0.2, 0.25) is 0 Å². The zero-order valence-electron chi connectivity index (χ0n) is 14.2. The lowest BCUT2D eigenvalue weighted by Crippen LogP contribution is -2.32. The van der Waals surface area contributed by atoms with E-state index in [1.165, 1.54) is 5.56 Å². The predicted molar refractivity (Wildman–Crippen MR) is 94.1 cm³/mol. The highest BCUT2D eigenvalue weighted by atomic mass is 16.5. The lowest BCUT2D eigenvalue weighted by molar-refractivity contribution is 0.234. The topological polar surface area (TPSA) is 50.4 Å². The molecule has 2 aromatic carbocycles. The molecule has 2 N–H and O–H groups in total. The quantitative estimate of drug-likeness (QED) is 0.807. The van der Waals surface area contributed by atoms with Crippen LogP contribution in [0, 0.1) is 20.8 Å². The van der Waals surface area contributed by atoms with Gasteiger partial charge in [-0.2, -0.15) is 0 Å². The van der Waals surface area contributed by atoms with E-state index in [0.717, 1.165) is 34.5 Å². The van der Waals surface area contributed by atoms with Gasteiger partial charge in [-0.1, -0.05) is 37.3 Å². The van der Waals surface area contributed by atoms with Gasteiger partial charge in [0.15, 0.2) is 6.73 Å². The first-order valence-corrected chi connectivity index (χ1v) is 7.85. The third-order valence-electron chi connectivity index (χ3n) is 3.99. The Kier molecular flexibility index (Phi) is 5.63. The molecule has 0 saturated heterocycles. The fourth-order valence-electron chi connectivity index (χ4n) is 2.42. The van der Waals surface area contributed by atoms with Gasteiger partial charge < -0.3 is 15.4 Å². The van der Waals surface area contributed by atoms with Crippen molar-refractivity contribution < 1.29 is 9.53 Å². The van der Waals surface area contributed by atoms with Crippen LogP contribution in [0.15, 0.2) is 36.4 Å². The second-order valence-corrected chi connectivity index (χ2v) is 5.58. The Morgan fingerprint density at radius 1 is 1.04 bits per heavy atom. The van der Waals surface area contributed by atoms with Gasteiger partial charge in [0, 0.05) is 5.69 Å². The summed E-state index contributed by atoms with van der Waals surface area (Å²) >= 11 is 0. The van der Waals surface area contributed by atoms with Crippen LogP contribution < -0.4 is 15.4 Å². The van der Waals surface area contributed by atoms with Crippen LogP contribution in [0.3, 0.4) is 0 Å². The molecule has 2 amide bonds. The first-order valence-electron chi connectivity index (χ1n) is 7.85. The number of carbonyl (C=O) groups is 1. The number of rotatable bonds is 5. The van der Waals surface area contributed by atoms with Crippen LogP contribution in [0.2, 0.25) is 0 Å². The average Bonchev–Trinajstić information content (AvgIpc) is 2.53. The fourth-order valence-corrected chi connectivity index (χ4v) is 2.42. The Bertz CT molecular complexity index is 696. The first-order chi connectivity index (χ1) is 11.0. The molecule has 0 heterocycles. The van der Waals surface area contributed by atoms with Gasteiger partial charge >= 0.3 is 6.03 Å². The zero-order valence-corrected chi connectivity index (χ0v) is 14.2. The third kappa shape index (κ3) is 4.25. The third-order valence-corrected chi connectivity index (χ3v) is 3.99. The van der Waals surface area contributed by atoms with E-state index in [4.69, 9.17) is 4.74 Å². The van der Waals surface area contributed by atoms with Crippen molar-refractivity contribution in [3.63, 3.8) is 0 Å². The monoisotopic (exact) mass is 312 g/mol. The molecule has 0 aromatic heterocycles. The van der Waals surface area contributed by atoms with Crippen molar-refractivity contribution in [1.82, 2.24) is 5.32 Å². The minimum atomic E-state index is -0.265. The van der Waals surface area contributed by atoms with Crippen molar-refractivity contribution >= 4 is 11.7 Å². The molecule has 0 spiro atoms. The molecule has 0 bridgehead atoms. The summed E-state index contributed by atoms with van der Waals surface area (Å²) in [4.78, 5) is 12.1. The lowest BCUT2D eigenvalue weighted by atomic mass is 10.1. The second-order valence-electron chi connectivity index (χ2n) is 5.58. The summed E-state index contributed by atoms with van der Waals surface area (Å²) in [7, 11) is 0. The molecule has 23 heavy (non-hydrogen) atoms. The van der Waals surface area contributed by atoms with E-state index < -0.39 is 0 Å². The second kappa shape index (κ2) is 7.68. The van der Waals surface area contributed by atoms with Crippen LogP contribution in [-0.2, 0) is 6.42 Å². The van der Waals surface area contributed by atoms with E-state index in [-0.39, 0.29) is 12.8 Å². The van der Waals surface area contributed by atoms with Crippen molar-refractivity contribution in [3.05, 3.63) is 58.7 Å². The smallest absolute Gasteiger partial charge is 0.321 e. The van der Waals surface area contributed by atoms with Crippen molar-refractivity contribution in [2.75, 3.05) is 12.0 Å². The number of amides is 2. The maximum atomic E-state index is 12.1. The van der Waals surface area contributed by atoms with Crippen molar-refractivity contribution in [1.29, 1.82) is 0 Å². The summed E-state index contributed by atoms with van der Waals surface area (Å²) in [6, 6.07) is 11.6. The molecule has 0 aliphatic rings. The number of nitrogens with one attached hydrogen (secondary N) is 2. The van der Waals surface area contributed by atoms with Gasteiger partial charge in [-0.05, 0) is 55.5 Å². The van der Waals surface area contributed by atoms with Gasteiger partial charge in [0.25, 0.3) is 0 Å². The average molecular weight is 312 g/mol. The number of anilines is 1. The maximum absolute atomic E-state index is 12.1. The molecular formula is C19H24N2O2. The Morgan fingerprint density at radius 3 is 2.48 bits per heavy atom. The summed E-state index contributed by atoms with van der Waals surface area (Å²) in [6.07, 6.45) is 0.871. The molecule has 0 atom stereocenters. The summed E-state index contributed by atoms with van der Waals surface area (Å²) in [6.45, 7) is 8.23. The molecular weight excluding hydrogens is 288 g/mol. The SMILES string of the molecule is CCc1cccc(C)c1NC(=O)NCOc1cccc(C)c1C. The van der Waals surface area contributed by atoms with E-state index in [2.05, 4.69) is 17.6 Å². The number of hydrogen-bond donors (Lipinski definition) is 2. The largest absolute Gasteiger partial charge is 0.473 e. The standard InChI is InChI=1S/C19H24N2O2/c1-5-16-10-6-9-14(3)18(16)21-19(22)20-12-23-17-11-7-8-13(2)15(17)4/h6-11H,5,12H2,1-4H3,(H2,20,21,22). The molecule has 0 fully saturated rings. The predicted octanol–water partition coefficient (Wildman–Crippen LogP) is 4.33. The van der Waals surface area contributed by atoms with E-state index in [1.807, 2.05) is 57.2 Å². The highest BCUT2D eigenvalue weighted by molar-refractivity contribution is 5.90. The van der Waals surface area contributed by atoms with E-state index >= 15 is 0 Å². The normalized spacial score (nSPS) is 10.3. The highest BCUT2D eigenvalue weighted by Crippen LogP contribution is 2.21. The minimum Gasteiger partial charge on any atom is -0.473 e. The maximum Gasteiger partial charge on any atom is 0.321 e. The number of para-hydroxylation sites is 1. The van der Waals surface area contributed by atoms with E-state index in [1.54, 1.807) is 0 Å².